The topological polar surface area (TPSA) is 25.4 Å². The van der Waals surface area contributed by atoms with Gasteiger partial charge in [-0.15, -0.1) is 0 Å². The normalized spacial score (nSPS) is 19.0. The zero-order valence-corrected chi connectivity index (χ0v) is 17.0. The first-order chi connectivity index (χ1) is 14.1. The highest BCUT2D eigenvalue weighted by molar-refractivity contribution is 5.30. The molecule has 0 amide bonds. The Morgan fingerprint density at radius 3 is 2.34 bits per heavy atom. The lowest BCUT2D eigenvalue weighted by Crippen LogP contribution is -2.38. The summed E-state index contributed by atoms with van der Waals surface area (Å²) in [7, 11) is 0. The van der Waals surface area contributed by atoms with E-state index in [0.29, 0.717) is 13.2 Å². The van der Waals surface area contributed by atoms with E-state index in [1.54, 1.807) is 12.1 Å². The first kappa shape index (κ1) is 19.7. The fourth-order valence-electron chi connectivity index (χ4n) is 4.08. The van der Waals surface area contributed by atoms with Crippen molar-refractivity contribution in [2.45, 2.75) is 38.9 Å². The lowest BCUT2D eigenvalue weighted by Gasteiger charge is -2.32. The Hall–Kier alpha value is -2.56. The molecular weight excluding hydrogens is 363 g/mol. The minimum atomic E-state index is -0.201. The quantitative estimate of drug-likeness (QED) is 0.591. The summed E-state index contributed by atoms with van der Waals surface area (Å²) in [6.07, 6.45) is 3.68. The van der Waals surface area contributed by atoms with Crippen molar-refractivity contribution in [3.8, 4) is 0 Å². The van der Waals surface area contributed by atoms with Crippen LogP contribution in [0.15, 0.2) is 67.0 Å². The molecule has 150 valence electrons. The van der Waals surface area contributed by atoms with E-state index in [0.717, 1.165) is 18.7 Å². The molecule has 1 saturated heterocycles. The van der Waals surface area contributed by atoms with E-state index in [2.05, 4.69) is 54.1 Å². The van der Waals surface area contributed by atoms with Crippen LogP contribution in [0.3, 0.4) is 0 Å². The predicted molar refractivity (Wildman–Crippen MR) is 113 cm³/mol. The maximum Gasteiger partial charge on any atom is 0.123 e. The highest BCUT2D eigenvalue weighted by Crippen LogP contribution is 2.32. The molecule has 0 bridgehead atoms. The largest absolute Gasteiger partial charge is 0.379 e. The van der Waals surface area contributed by atoms with Crippen molar-refractivity contribution in [3.05, 3.63) is 101 Å². The molecule has 0 unspecified atom stereocenters. The molecule has 0 spiro atoms. The van der Waals surface area contributed by atoms with E-state index in [1.165, 1.54) is 22.3 Å². The molecule has 2 aromatic carbocycles. The van der Waals surface area contributed by atoms with Gasteiger partial charge in [0.25, 0.3) is 0 Å². The molecule has 0 aliphatic carbocycles. The van der Waals surface area contributed by atoms with Crippen molar-refractivity contribution in [2.24, 2.45) is 0 Å². The molecule has 2 atom stereocenters. The molecular formula is C25H27FN2O. The van der Waals surface area contributed by atoms with Crippen molar-refractivity contribution in [2.75, 3.05) is 13.2 Å². The van der Waals surface area contributed by atoms with Gasteiger partial charge in [-0.05, 0) is 65.9 Å². The van der Waals surface area contributed by atoms with E-state index in [1.807, 2.05) is 24.5 Å². The number of hydrogen-bond acceptors (Lipinski definition) is 3. The summed E-state index contributed by atoms with van der Waals surface area (Å²) < 4.78 is 19.3. The van der Waals surface area contributed by atoms with Gasteiger partial charge in [0.15, 0.2) is 0 Å². The molecule has 1 aliphatic rings. The van der Waals surface area contributed by atoms with Crippen molar-refractivity contribution in [3.63, 3.8) is 0 Å². The van der Waals surface area contributed by atoms with Crippen LogP contribution >= 0.6 is 0 Å². The fraction of sp³-hybridized carbons (Fsp3) is 0.320. The van der Waals surface area contributed by atoms with Gasteiger partial charge in [-0.25, -0.2) is 4.39 Å². The molecule has 4 heteroatoms. The third kappa shape index (κ3) is 4.72. The lowest BCUT2D eigenvalue weighted by molar-refractivity contribution is 0.132. The lowest BCUT2D eigenvalue weighted by atomic mass is 9.92. The smallest absolute Gasteiger partial charge is 0.123 e. The number of aromatic nitrogens is 1. The molecule has 4 rings (SSSR count). The minimum absolute atomic E-state index is 0.201. The number of pyridine rings is 1. The number of rotatable bonds is 6. The summed E-state index contributed by atoms with van der Waals surface area (Å²) in [5, 5.41) is 0. The third-order valence-electron chi connectivity index (χ3n) is 5.91. The highest BCUT2D eigenvalue weighted by Gasteiger charge is 2.34. The van der Waals surface area contributed by atoms with Gasteiger partial charge in [-0.1, -0.05) is 30.3 Å². The average molecular weight is 391 g/mol. The summed E-state index contributed by atoms with van der Waals surface area (Å²) in [5.41, 5.74) is 6.28. The van der Waals surface area contributed by atoms with Crippen LogP contribution in [-0.2, 0) is 17.8 Å². The molecule has 0 radical (unpaired) electrons. The second-order valence-corrected chi connectivity index (χ2v) is 7.94. The third-order valence-corrected chi connectivity index (χ3v) is 5.91. The van der Waals surface area contributed by atoms with E-state index in [-0.39, 0.29) is 17.8 Å². The Morgan fingerprint density at radius 2 is 1.62 bits per heavy atom. The molecule has 29 heavy (non-hydrogen) atoms. The summed E-state index contributed by atoms with van der Waals surface area (Å²) >= 11 is 0. The zero-order valence-electron chi connectivity index (χ0n) is 17.0. The fourth-order valence-corrected chi connectivity index (χ4v) is 4.08. The number of ether oxygens (including phenoxy) is 1. The number of hydrogen-bond donors (Lipinski definition) is 0. The summed E-state index contributed by atoms with van der Waals surface area (Å²) in [4.78, 5) is 6.63. The monoisotopic (exact) mass is 390 g/mol. The van der Waals surface area contributed by atoms with E-state index in [9.17, 15) is 4.39 Å². The van der Waals surface area contributed by atoms with Crippen LogP contribution in [0.1, 0.15) is 33.7 Å². The predicted octanol–water partition coefficient (Wildman–Crippen LogP) is 5.02. The van der Waals surface area contributed by atoms with Crippen LogP contribution in [0, 0.1) is 19.7 Å². The Morgan fingerprint density at radius 1 is 0.897 bits per heavy atom. The van der Waals surface area contributed by atoms with E-state index < -0.39 is 0 Å². The second-order valence-electron chi connectivity index (χ2n) is 7.94. The van der Waals surface area contributed by atoms with Crippen LogP contribution in [0.2, 0.25) is 0 Å². The number of nitrogens with zero attached hydrogens (tertiary/aromatic N) is 2. The second kappa shape index (κ2) is 8.85. The zero-order chi connectivity index (χ0) is 20.2. The van der Waals surface area contributed by atoms with Gasteiger partial charge in [0.2, 0.25) is 0 Å². The Labute approximate surface area is 172 Å². The maximum atomic E-state index is 13.4. The SMILES string of the molecule is Cc1ccc(CN(Cc2ccncc2)[C@@H]2COC[C@H]2c2ccc(F)cc2)cc1C. The van der Waals surface area contributed by atoms with Gasteiger partial charge in [-0.3, -0.25) is 9.88 Å². The number of halogens is 1. The minimum Gasteiger partial charge on any atom is -0.379 e. The molecule has 1 fully saturated rings. The van der Waals surface area contributed by atoms with Gasteiger partial charge in [-0.2, -0.15) is 0 Å². The van der Waals surface area contributed by atoms with Crippen LogP contribution in [-0.4, -0.2) is 29.1 Å². The van der Waals surface area contributed by atoms with Gasteiger partial charge in [0.05, 0.1) is 13.2 Å². The molecule has 3 aromatic rings. The number of aryl methyl sites for hydroxylation is 2. The molecule has 1 aliphatic heterocycles. The van der Waals surface area contributed by atoms with Gasteiger partial charge < -0.3 is 4.74 Å². The Balaban J connectivity index is 1.62. The molecule has 3 nitrogen and oxygen atoms in total. The first-order valence-electron chi connectivity index (χ1n) is 10.1. The summed E-state index contributed by atoms with van der Waals surface area (Å²) in [6.45, 7) is 7.31. The van der Waals surface area contributed by atoms with Crippen LogP contribution in [0.5, 0.6) is 0 Å². The van der Waals surface area contributed by atoms with Gasteiger partial charge in [0.1, 0.15) is 5.82 Å². The highest BCUT2D eigenvalue weighted by atomic mass is 19.1. The van der Waals surface area contributed by atoms with Crippen LogP contribution < -0.4 is 0 Å². The van der Waals surface area contributed by atoms with Crippen LogP contribution in [0.25, 0.3) is 0 Å². The Bertz CT molecular complexity index is 943. The van der Waals surface area contributed by atoms with Crippen molar-refractivity contribution in [1.82, 2.24) is 9.88 Å². The van der Waals surface area contributed by atoms with Gasteiger partial charge >= 0.3 is 0 Å². The molecule has 0 saturated carbocycles. The van der Waals surface area contributed by atoms with Crippen molar-refractivity contribution >= 4 is 0 Å². The standard InChI is InChI=1S/C25H27FN2O/c1-18-3-4-21(13-19(18)2)15-28(14-20-9-11-27-12-10-20)25-17-29-16-24(25)22-5-7-23(26)8-6-22/h3-13,24-25H,14-17H2,1-2H3/t24-,25+/m0/s1. The van der Waals surface area contributed by atoms with E-state index in [4.69, 9.17) is 4.74 Å². The van der Waals surface area contributed by atoms with E-state index >= 15 is 0 Å². The van der Waals surface area contributed by atoms with Crippen molar-refractivity contribution in [1.29, 1.82) is 0 Å². The molecule has 0 N–H and O–H groups in total. The first-order valence-corrected chi connectivity index (χ1v) is 10.1. The maximum absolute atomic E-state index is 13.4. The molecule has 1 aromatic heterocycles. The van der Waals surface area contributed by atoms with Gasteiger partial charge in [0, 0.05) is 37.4 Å². The van der Waals surface area contributed by atoms with Crippen molar-refractivity contribution < 1.29 is 9.13 Å². The Kier molecular flexibility index (Phi) is 6.02. The average Bonchev–Trinajstić information content (AvgIpc) is 3.21. The summed E-state index contributed by atoms with van der Waals surface area (Å²) in [5.74, 6) is 0.0250. The molecule has 2 heterocycles. The number of benzene rings is 2. The van der Waals surface area contributed by atoms with Crippen LogP contribution in [0.4, 0.5) is 4.39 Å². The summed E-state index contributed by atoms with van der Waals surface area (Å²) in [6, 6.07) is 17.9.